The Morgan fingerprint density at radius 2 is 2.00 bits per heavy atom. The molecule has 0 N–H and O–H groups in total. The first kappa shape index (κ1) is 16.6. The summed E-state index contributed by atoms with van der Waals surface area (Å²) < 4.78 is 23.9. The molecule has 0 aliphatic heterocycles. The minimum absolute atomic E-state index is 0.105. The predicted molar refractivity (Wildman–Crippen MR) is 77.4 cm³/mol. The van der Waals surface area contributed by atoms with Crippen LogP contribution < -0.4 is 4.74 Å². The Morgan fingerprint density at radius 1 is 1.35 bits per heavy atom. The summed E-state index contributed by atoms with van der Waals surface area (Å²) in [6.45, 7) is 8.55. The molecule has 0 aliphatic rings. The van der Waals surface area contributed by atoms with Crippen LogP contribution in [0.4, 0.5) is 10.1 Å². The van der Waals surface area contributed by atoms with Crippen molar-refractivity contribution in [3.05, 3.63) is 33.6 Å². The Balaban J connectivity index is 2.59. The van der Waals surface area contributed by atoms with Crippen LogP contribution in [0.3, 0.4) is 0 Å². The molecule has 0 spiro atoms. The first-order valence-electron chi connectivity index (χ1n) is 6.36. The molecule has 7 heteroatoms. The third-order valence-electron chi connectivity index (χ3n) is 2.73. The molecule has 20 heavy (non-hydrogen) atoms. The molecule has 112 valence electrons. The van der Waals surface area contributed by atoms with Gasteiger partial charge in [-0.25, -0.2) is 4.39 Å². The van der Waals surface area contributed by atoms with E-state index in [1.165, 1.54) is 6.92 Å². The third kappa shape index (κ3) is 5.26. The van der Waals surface area contributed by atoms with Crippen molar-refractivity contribution in [1.82, 2.24) is 0 Å². The highest BCUT2D eigenvalue weighted by Crippen LogP contribution is 2.29. The van der Waals surface area contributed by atoms with E-state index >= 15 is 0 Å². The summed E-state index contributed by atoms with van der Waals surface area (Å²) in [7, 11) is -1.18. The smallest absolute Gasteiger partial charge is 0.311 e. The van der Waals surface area contributed by atoms with Crippen molar-refractivity contribution in [2.45, 2.75) is 32.6 Å². The van der Waals surface area contributed by atoms with Crippen molar-refractivity contribution < 1.29 is 18.8 Å². The fourth-order valence-corrected chi connectivity index (χ4v) is 2.21. The van der Waals surface area contributed by atoms with Crippen molar-refractivity contribution in [3.63, 3.8) is 0 Å². The molecule has 0 radical (unpaired) electrons. The molecule has 0 atom stereocenters. The second-order valence-electron chi connectivity index (χ2n) is 5.81. The first-order valence-corrected chi connectivity index (χ1v) is 10.1. The Bertz CT molecular complexity index is 488. The van der Waals surface area contributed by atoms with Crippen LogP contribution in [-0.4, -0.2) is 26.4 Å². The van der Waals surface area contributed by atoms with Crippen LogP contribution in [0.15, 0.2) is 12.1 Å². The van der Waals surface area contributed by atoms with E-state index in [9.17, 15) is 14.5 Å². The van der Waals surface area contributed by atoms with Gasteiger partial charge in [0.15, 0.2) is 6.79 Å². The number of nitrogens with zero attached hydrogens (tertiary/aromatic N) is 1. The van der Waals surface area contributed by atoms with Crippen LogP contribution in [0.2, 0.25) is 25.7 Å². The van der Waals surface area contributed by atoms with Crippen LogP contribution in [0.1, 0.15) is 5.56 Å². The zero-order valence-electron chi connectivity index (χ0n) is 12.2. The van der Waals surface area contributed by atoms with Crippen molar-refractivity contribution in [2.75, 3.05) is 13.4 Å². The monoisotopic (exact) mass is 301 g/mol. The van der Waals surface area contributed by atoms with Crippen molar-refractivity contribution >= 4 is 13.8 Å². The highest BCUT2D eigenvalue weighted by Gasteiger charge is 2.18. The van der Waals surface area contributed by atoms with Gasteiger partial charge in [0.2, 0.25) is 5.75 Å². The number of nitro benzene ring substituents is 1. The minimum Gasteiger partial charge on any atom is -0.460 e. The van der Waals surface area contributed by atoms with Crippen LogP contribution in [0, 0.1) is 22.9 Å². The number of halogens is 1. The Morgan fingerprint density at radius 3 is 2.55 bits per heavy atom. The summed E-state index contributed by atoms with van der Waals surface area (Å²) in [5, 5.41) is 10.9. The van der Waals surface area contributed by atoms with Crippen molar-refractivity contribution in [3.8, 4) is 5.75 Å². The molecule has 1 aromatic rings. The van der Waals surface area contributed by atoms with E-state index in [1.807, 2.05) is 0 Å². The third-order valence-corrected chi connectivity index (χ3v) is 4.44. The normalized spacial score (nSPS) is 11.4. The highest BCUT2D eigenvalue weighted by molar-refractivity contribution is 6.76. The van der Waals surface area contributed by atoms with E-state index < -0.39 is 18.8 Å². The average molecular weight is 301 g/mol. The van der Waals surface area contributed by atoms with E-state index in [4.69, 9.17) is 9.47 Å². The summed E-state index contributed by atoms with van der Waals surface area (Å²) in [5.74, 6) is -0.640. The maximum absolute atomic E-state index is 13.4. The van der Waals surface area contributed by atoms with Gasteiger partial charge in [0.05, 0.1) is 4.92 Å². The standard InChI is InChI=1S/C13H20FNO4Si/c1-10-7-12(15(16)17)13(8-11(10)14)19-9-18-5-6-20(2,3)4/h7-8H,5-6,9H2,1-4H3. The number of hydrogen-bond acceptors (Lipinski definition) is 4. The molecule has 0 heterocycles. The predicted octanol–water partition coefficient (Wildman–Crippen LogP) is 3.73. The zero-order chi connectivity index (χ0) is 15.3. The summed E-state index contributed by atoms with van der Waals surface area (Å²) in [4.78, 5) is 10.3. The molecule has 0 saturated heterocycles. The summed E-state index contributed by atoms with van der Waals surface area (Å²) in [5.41, 5.74) is -0.0404. The molecule has 5 nitrogen and oxygen atoms in total. The van der Waals surface area contributed by atoms with E-state index in [0.717, 1.165) is 18.2 Å². The summed E-state index contributed by atoms with van der Waals surface area (Å²) >= 11 is 0. The van der Waals surface area contributed by atoms with Gasteiger partial charge >= 0.3 is 5.69 Å². The Hall–Kier alpha value is -1.47. The number of aryl methyl sites for hydroxylation is 1. The zero-order valence-corrected chi connectivity index (χ0v) is 13.2. The van der Waals surface area contributed by atoms with E-state index in [1.54, 1.807) is 0 Å². The Kier molecular flexibility index (Phi) is 5.64. The molecule has 0 aliphatic carbocycles. The molecular weight excluding hydrogens is 281 g/mol. The minimum atomic E-state index is -1.18. The average Bonchev–Trinajstić information content (AvgIpc) is 2.31. The molecular formula is C13H20FNO4Si. The molecule has 0 amide bonds. The fraction of sp³-hybridized carbons (Fsp3) is 0.538. The quantitative estimate of drug-likeness (QED) is 0.253. The molecule has 0 saturated carbocycles. The van der Waals surface area contributed by atoms with Gasteiger partial charge in [-0.2, -0.15) is 0 Å². The first-order chi connectivity index (χ1) is 9.20. The van der Waals surface area contributed by atoms with Gasteiger partial charge in [0, 0.05) is 26.8 Å². The lowest BCUT2D eigenvalue weighted by atomic mass is 10.2. The lowest BCUT2D eigenvalue weighted by Crippen LogP contribution is -2.22. The number of nitro groups is 1. The molecule has 0 aromatic heterocycles. The fourth-order valence-electron chi connectivity index (χ4n) is 1.45. The van der Waals surface area contributed by atoms with Gasteiger partial charge in [-0.05, 0) is 18.5 Å². The lowest BCUT2D eigenvalue weighted by Gasteiger charge is -2.15. The van der Waals surface area contributed by atoms with Gasteiger partial charge in [-0.1, -0.05) is 19.6 Å². The van der Waals surface area contributed by atoms with Crippen molar-refractivity contribution in [1.29, 1.82) is 0 Å². The van der Waals surface area contributed by atoms with Gasteiger partial charge in [-0.3, -0.25) is 10.1 Å². The van der Waals surface area contributed by atoms with Crippen molar-refractivity contribution in [2.24, 2.45) is 0 Å². The molecule has 0 fully saturated rings. The molecule has 1 rings (SSSR count). The number of hydrogen-bond donors (Lipinski definition) is 0. The van der Waals surface area contributed by atoms with E-state index in [2.05, 4.69) is 19.6 Å². The van der Waals surface area contributed by atoms with E-state index in [0.29, 0.717) is 6.61 Å². The topological polar surface area (TPSA) is 61.6 Å². The maximum Gasteiger partial charge on any atom is 0.311 e. The van der Waals surface area contributed by atoms with E-state index in [-0.39, 0.29) is 23.8 Å². The highest BCUT2D eigenvalue weighted by atomic mass is 28.3. The largest absolute Gasteiger partial charge is 0.460 e. The van der Waals surface area contributed by atoms with Gasteiger partial charge in [0.1, 0.15) is 5.82 Å². The van der Waals surface area contributed by atoms with Crippen LogP contribution >= 0.6 is 0 Å². The molecule has 0 unspecified atom stereocenters. The lowest BCUT2D eigenvalue weighted by molar-refractivity contribution is -0.386. The van der Waals surface area contributed by atoms with Crippen LogP contribution in [0.25, 0.3) is 0 Å². The second kappa shape index (κ2) is 6.80. The second-order valence-corrected chi connectivity index (χ2v) is 11.4. The SMILES string of the molecule is Cc1cc([N+](=O)[O-])c(OCOCC[Si](C)(C)C)cc1F. The number of benzene rings is 1. The number of ether oxygens (including phenoxy) is 2. The van der Waals surface area contributed by atoms with Crippen LogP contribution in [-0.2, 0) is 4.74 Å². The number of rotatable bonds is 7. The molecule has 0 bridgehead atoms. The van der Waals surface area contributed by atoms with Crippen LogP contribution in [0.5, 0.6) is 5.75 Å². The summed E-state index contributed by atoms with van der Waals surface area (Å²) in [6.07, 6.45) is 0. The van der Waals surface area contributed by atoms with Gasteiger partial charge < -0.3 is 9.47 Å². The Labute approximate surface area is 118 Å². The maximum atomic E-state index is 13.4. The molecule has 1 aromatic carbocycles. The summed E-state index contributed by atoms with van der Waals surface area (Å²) in [6, 6.07) is 3.16. The van der Waals surface area contributed by atoms with Gasteiger partial charge in [-0.15, -0.1) is 0 Å². The van der Waals surface area contributed by atoms with Gasteiger partial charge in [0.25, 0.3) is 0 Å².